The molecule has 6 heteroatoms. The first kappa shape index (κ1) is 41.0. The van der Waals surface area contributed by atoms with Gasteiger partial charge in [0.15, 0.2) is 0 Å². The molecule has 0 aromatic heterocycles. The molecule has 0 rings (SSSR count). The third kappa shape index (κ3) is 15.7. The molecule has 0 saturated heterocycles. The van der Waals surface area contributed by atoms with Crippen molar-refractivity contribution in [2.24, 2.45) is 0 Å². The van der Waals surface area contributed by atoms with Crippen molar-refractivity contribution in [1.29, 1.82) is 0 Å². The maximum atomic E-state index is 15.5. The van der Waals surface area contributed by atoms with Crippen LogP contribution in [-0.2, 0) is 13.2 Å². The number of hydrogen-bond acceptors (Lipinski definition) is 3. The standard InChI is InChI=1S/C34H77O3P3/c1-10-17-24-25-26-27-28-38(35,36-39(8,29-18-11-2,30-19-12-3)31-20-13-4)37-40(9,32-21-14-5,33-22-15-6)34-23-16-7/h10-34H2,1-9H3. The molecule has 0 fully saturated rings. The summed E-state index contributed by atoms with van der Waals surface area (Å²) in [6.45, 7) is 15.7. The molecule has 0 aliphatic rings. The number of hydrogen-bond donors (Lipinski definition) is 0. The third-order valence-electron chi connectivity index (χ3n) is 9.40. The second kappa shape index (κ2) is 20.9. The van der Waals surface area contributed by atoms with Crippen molar-refractivity contribution in [3.63, 3.8) is 0 Å². The fourth-order valence-corrected chi connectivity index (χ4v) is 24.9. The van der Waals surface area contributed by atoms with E-state index in [2.05, 4.69) is 61.8 Å². The van der Waals surface area contributed by atoms with Crippen LogP contribution in [0.15, 0.2) is 0 Å². The minimum absolute atomic E-state index is 0.630. The Morgan fingerprint density at radius 2 is 0.650 bits per heavy atom. The van der Waals surface area contributed by atoms with Gasteiger partial charge in [0, 0.05) is 0 Å². The molecule has 0 saturated carbocycles. The molecule has 3 nitrogen and oxygen atoms in total. The van der Waals surface area contributed by atoms with E-state index < -0.39 is 21.3 Å². The van der Waals surface area contributed by atoms with Crippen LogP contribution < -0.4 is 0 Å². The summed E-state index contributed by atoms with van der Waals surface area (Å²) in [6.07, 6.45) is 28.6. The Labute approximate surface area is 254 Å². The summed E-state index contributed by atoms with van der Waals surface area (Å²) in [5.74, 6) is 0. The van der Waals surface area contributed by atoms with E-state index in [0.717, 1.165) is 49.8 Å². The van der Waals surface area contributed by atoms with Gasteiger partial charge in [-0.3, -0.25) is 0 Å². The fourth-order valence-electron chi connectivity index (χ4n) is 6.50. The van der Waals surface area contributed by atoms with E-state index in [1.165, 1.54) is 103 Å². The van der Waals surface area contributed by atoms with Gasteiger partial charge in [-0.05, 0) is 0 Å². The molecule has 0 unspecified atom stereocenters. The average molecular weight is 627 g/mol. The minimum atomic E-state index is -3.27. The molecule has 246 valence electrons. The van der Waals surface area contributed by atoms with E-state index in [1.807, 2.05) is 0 Å². The monoisotopic (exact) mass is 627 g/mol. The first-order valence-corrected chi connectivity index (χ1v) is 26.0. The van der Waals surface area contributed by atoms with Gasteiger partial charge in [-0.15, -0.1) is 0 Å². The van der Waals surface area contributed by atoms with Crippen LogP contribution >= 0.6 is 21.3 Å². The van der Waals surface area contributed by atoms with Crippen molar-refractivity contribution in [2.75, 3.05) is 56.5 Å². The first-order valence-electron chi connectivity index (χ1n) is 18.0. The zero-order chi connectivity index (χ0) is 30.5. The van der Waals surface area contributed by atoms with Crippen LogP contribution in [0.3, 0.4) is 0 Å². The van der Waals surface area contributed by atoms with Gasteiger partial charge in [0.1, 0.15) is 0 Å². The van der Waals surface area contributed by atoms with Gasteiger partial charge in [0.25, 0.3) is 0 Å². The fraction of sp³-hybridized carbons (Fsp3) is 1.00. The van der Waals surface area contributed by atoms with E-state index in [-0.39, 0.29) is 0 Å². The molecule has 0 heterocycles. The van der Waals surface area contributed by atoms with Crippen molar-refractivity contribution in [3.05, 3.63) is 0 Å². The summed E-state index contributed by atoms with van der Waals surface area (Å²) in [6, 6.07) is 0. The van der Waals surface area contributed by atoms with Gasteiger partial charge >= 0.3 is 255 Å². The van der Waals surface area contributed by atoms with Gasteiger partial charge in [-0.2, -0.15) is 0 Å². The van der Waals surface area contributed by atoms with Crippen LogP contribution in [0.25, 0.3) is 0 Å². The zero-order valence-corrected chi connectivity index (χ0v) is 31.9. The Balaban J connectivity index is 6.73. The van der Waals surface area contributed by atoms with Gasteiger partial charge in [0.05, 0.1) is 0 Å². The van der Waals surface area contributed by atoms with Crippen LogP contribution in [0.1, 0.15) is 164 Å². The Kier molecular flexibility index (Phi) is 21.4. The Morgan fingerprint density at radius 3 is 0.925 bits per heavy atom. The molecule has 0 N–H and O–H groups in total. The second-order valence-electron chi connectivity index (χ2n) is 14.1. The summed E-state index contributed by atoms with van der Waals surface area (Å²) in [5, 5.41) is 0. The Morgan fingerprint density at radius 1 is 0.400 bits per heavy atom. The molecule has 0 radical (unpaired) electrons. The topological polar surface area (TPSA) is 35.5 Å². The molecule has 0 aliphatic heterocycles. The molecule has 0 aliphatic carbocycles. The van der Waals surface area contributed by atoms with E-state index in [9.17, 15) is 0 Å². The second-order valence-corrected chi connectivity index (χ2v) is 28.5. The first-order chi connectivity index (χ1) is 18.9. The van der Waals surface area contributed by atoms with Gasteiger partial charge in [-0.1, -0.05) is 0 Å². The van der Waals surface area contributed by atoms with Gasteiger partial charge < -0.3 is 0 Å². The van der Waals surface area contributed by atoms with Crippen LogP contribution in [0.5, 0.6) is 0 Å². The predicted molar refractivity (Wildman–Crippen MR) is 192 cm³/mol. The molecular weight excluding hydrogens is 549 g/mol. The van der Waals surface area contributed by atoms with Crippen LogP contribution in [0, 0.1) is 0 Å². The van der Waals surface area contributed by atoms with Crippen LogP contribution in [0.4, 0.5) is 0 Å². The number of rotatable bonds is 29. The summed E-state index contributed by atoms with van der Waals surface area (Å²) >= 11 is 0. The maximum absolute atomic E-state index is 15.5. The SMILES string of the molecule is CCCCCCCCP(=O)(OP(C)(CCCC)(CCCC)CCCC)OP(C)(CCCC)(CCCC)CCCC. The Hall–Kier alpha value is 1.01. The predicted octanol–water partition coefficient (Wildman–Crippen LogP) is 13.6. The van der Waals surface area contributed by atoms with E-state index >= 15 is 4.57 Å². The average Bonchev–Trinajstić information content (AvgIpc) is 2.93. The van der Waals surface area contributed by atoms with Gasteiger partial charge in [0.2, 0.25) is 0 Å². The quantitative estimate of drug-likeness (QED) is 0.0612. The summed E-state index contributed by atoms with van der Waals surface area (Å²) in [7, 11) is -3.27. The molecular formula is C34H77O3P3. The molecule has 0 aromatic carbocycles. The summed E-state index contributed by atoms with van der Waals surface area (Å²) in [5.41, 5.74) is 0. The van der Waals surface area contributed by atoms with Gasteiger partial charge in [-0.25, -0.2) is 0 Å². The van der Waals surface area contributed by atoms with Crippen molar-refractivity contribution < 1.29 is 13.2 Å². The van der Waals surface area contributed by atoms with Crippen LogP contribution in [-0.4, -0.2) is 56.5 Å². The molecule has 0 aromatic rings. The van der Waals surface area contributed by atoms with Crippen molar-refractivity contribution in [1.82, 2.24) is 0 Å². The van der Waals surface area contributed by atoms with E-state index in [1.54, 1.807) is 0 Å². The summed E-state index contributed by atoms with van der Waals surface area (Å²) in [4.78, 5) is 0. The van der Waals surface area contributed by atoms with Crippen molar-refractivity contribution >= 4 is 21.3 Å². The molecule has 40 heavy (non-hydrogen) atoms. The molecule has 0 amide bonds. The molecule has 0 atom stereocenters. The van der Waals surface area contributed by atoms with Crippen LogP contribution in [0.2, 0.25) is 0 Å². The Bertz CT molecular complexity index is 586. The number of unbranched alkanes of at least 4 members (excludes halogenated alkanes) is 11. The van der Waals surface area contributed by atoms with E-state index in [4.69, 9.17) is 8.62 Å². The summed E-state index contributed by atoms with van der Waals surface area (Å²) < 4.78 is 30.6. The third-order valence-corrected chi connectivity index (χ3v) is 25.8. The van der Waals surface area contributed by atoms with Crippen molar-refractivity contribution in [2.45, 2.75) is 164 Å². The van der Waals surface area contributed by atoms with E-state index in [0.29, 0.717) is 6.16 Å². The molecule has 0 spiro atoms. The zero-order valence-electron chi connectivity index (χ0n) is 29.2. The van der Waals surface area contributed by atoms with Crippen molar-refractivity contribution in [3.8, 4) is 0 Å². The normalized spacial score (nSPS) is 16.2. The molecule has 0 bridgehead atoms.